The lowest BCUT2D eigenvalue weighted by atomic mass is 9.98. The predicted octanol–water partition coefficient (Wildman–Crippen LogP) is 6.09. The lowest BCUT2D eigenvalue weighted by Gasteiger charge is -2.19. The highest BCUT2D eigenvalue weighted by Crippen LogP contribution is 2.42. The summed E-state index contributed by atoms with van der Waals surface area (Å²) in [5.41, 5.74) is 2.43. The topological polar surface area (TPSA) is 77.0 Å². The number of nitrogens with zero attached hydrogens (tertiary/aromatic N) is 2. The zero-order valence-corrected chi connectivity index (χ0v) is 20.0. The van der Waals surface area contributed by atoms with Gasteiger partial charge in [0.15, 0.2) is 0 Å². The Labute approximate surface area is 200 Å². The Morgan fingerprint density at radius 1 is 1.16 bits per heavy atom. The molecule has 4 rings (SSSR count). The molecule has 164 valence electrons. The molecule has 3 aromatic carbocycles. The molecular formula is C23H19BrClN3O3S. The van der Waals surface area contributed by atoms with Gasteiger partial charge in [-0.15, -0.1) is 0 Å². The van der Waals surface area contributed by atoms with Crippen LogP contribution in [-0.2, 0) is 10.0 Å². The van der Waals surface area contributed by atoms with Crippen molar-refractivity contribution >= 4 is 48.9 Å². The Balaban J connectivity index is 1.54. The van der Waals surface area contributed by atoms with E-state index in [0.717, 1.165) is 30.8 Å². The zero-order valence-electron chi connectivity index (χ0n) is 16.8. The molecule has 0 amide bonds. The first-order valence-electron chi connectivity index (χ1n) is 9.77. The average molecular weight is 533 g/mol. The fourth-order valence-electron chi connectivity index (χ4n) is 3.76. The Morgan fingerprint density at radius 2 is 1.91 bits per heavy atom. The molecule has 1 aliphatic heterocycles. The van der Waals surface area contributed by atoms with Gasteiger partial charge in [0.1, 0.15) is 11.5 Å². The van der Waals surface area contributed by atoms with Crippen LogP contribution in [0.5, 0.6) is 11.5 Å². The number of ether oxygens (including phenoxy) is 1. The van der Waals surface area contributed by atoms with Crippen LogP contribution < -0.4 is 14.8 Å². The quantitative estimate of drug-likeness (QED) is 0.404. The highest BCUT2D eigenvalue weighted by Gasteiger charge is 2.25. The van der Waals surface area contributed by atoms with E-state index < -0.39 is 10.0 Å². The average Bonchev–Trinajstić information content (AvgIpc) is 3.26. The van der Waals surface area contributed by atoms with Gasteiger partial charge in [0.05, 0.1) is 16.5 Å². The van der Waals surface area contributed by atoms with E-state index in [2.05, 4.69) is 25.7 Å². The summed E-state index contributed by atoms with van der Waals surface area (Å²) in [6.07, 6.45) is 0.931. The third-order valence-electron chi connectivity index (χ3n) is 5.42. The zero-order chi connectivity index (χ0) is 22.9. The van der Waals surface area contributed by atoms with Crippen molar-refractivity contribution in [2.75, 3.05) is 18.0 Å². The van der Waals surface area contributed by atoms with Crippen molar-refractivity contribution in [3.8, 4) is 11.5 Å². The minimum atomic E-state index is -3.71. The third kappa shape index (κ3) is 4.76. The number of sulfonamides is 1. The van der Waals surface area contributed by atoms with Crippen LogP contribution in [0.3, 0.4) is 0 Å². The predicted molar refractivity (Wildman–Crippen MR) is 129 cm³/mol. The van der Waals surface area contributed by atoms with E-state index in [4.69, 9.17) is 28.0 Å². The number of para-hydroxylation sites is 1. The van der Waals surface area contributed by atoms with Crippen LogP contribution in [0.1, 0.15) is 17.9 Å². The summed E-state index contributed by atoms with van der Waals surface area (Å²) in [6.45, 7) is 8.99. The van der Waals surface area contributed by atoms with Crippen molar-refractivity contribution in [2.24, 2.45) is 5.14 Å². The number of hydrogen-bond acceptors (Lipinski definition) is 4. The second-order valence-corrected chi connectivity index (χ2v) is 10.3. The summed E-state index contributed by atoms with van der Waals surface area (Å²) < 4.78 is 29.7. The van der Waals surface area contributed by atoms with Crippen molar-refractivity contribution in [1.82, 2.24) is 0 Å². The van der Waals surface area contributed by atoms with Crippen LogP contribution >= 0.6 is 27.5 Å². The lowest BCUT2D eigenvalue weighted by molar-refractivity contribution is 0.481. The summed E-state index contributed by atoms with van der Waals surface area (Å²) in [5.74, 6) is 1.19. The molecule has 1 aliphatic rings. The van der Waals surface area contributed by atoms with Crippen molar-refractivity contribution in [1.29, 1.82) is 0 Å². The number of halogens is 2. The second kappa shape index (κ2) is 9.12. The molecule has 3 aromatic rings. The van der Waals surface area contributed by atoms with Gasteiger partial charge < -0.3 is 9.64 Å². The molecule has 1 saturated heterocycles. The van der Waals surface area contributed by atoms with Gasteiger partial charge in [0, 0.05) is 29.2 Å². The van der Waals surface area contributed by atoms with E-state index in [-0.39, 0.29) is 10.8 Å². The summed E-state index contributed by atoms with van der Waals surface area (Å²) in [5, 5.41) is 5.65. The van der Waals surface area contributed by atoms with Crippen LogP contribution in [0.15, 0.2) is 70.0 Å². The molecule has 1 heterocycles. The fourth-order valence-corrected chi connectivity index (χ4v) is 4.87. The fraction of sp³-hybridized carbons (Fsp3) is 0.174. The molecule has 0 saturated carbocycles. The highest BCUT2D eigenvalue weighted by molar-refractivity contribution is 9.10. The first kappa shape index (κ1) is 22.6. The molecule has 32 heavy (non-hydrogen) atoms. The molecule has 0 bridgehead atoms. The Kier molecular flexibility index (Phi) is 6.45. The van der Waals surface area contributed by atoms with E-state index in [1.165, 1.54) is 12.1 Å². The maximum atomic E-state index is 11.5. The van der Waals surface area contributed by atoms with Crippen molar-refractivity contribution in [3.05, 3.63) is 87.1 Å². The van der Waals surface area contributed by atoms with E-state index >= 15 is 0 Å². The molecule has 2 N–H and O–H groups in total. The second-order valence-electron chi connectivity index (χ2n) is 7.46. The van der Waals surface area contributed by atoms with Gasteiger partial charge in [-0.1, -0.05) is 29.8 Å². The number of primary sulfonamides is 1. The van der Waals surface area contributed by atoms with Crippen molar-refractivity contribution in [3.63, 3.8) is 0 Å². The van der Waals surface area contributed by atoms with Gasteiger partial charge in [-0.3, -0.25) is 0 Å². The molecule has 1 fully saturated rings. The smallest absolute Gasteiger partial charge is 0.238 e. The monoisotopic (exact) mass is 531 g/mol. The first-order valence-corrected chi connectivity index (χ1v) is 12.5. The molecule has 0 unspecified atom stereocenters. The van der Waals surface area contributed by atoms with Gasteiger partial charge in [0.25, 0.3) is 0 Å². The Morgan fingerprint density at radius 3 is 2.59 bits per heavy atom. The molecule has 6 nitrogen and oxygen atoms in total. The number of rotatable bonds is 5. The van der Waals surface area contributed by atoms with E-state index in [1.54, 1.807) is 24.3 Å². The molecule has 0 aliphatic carbocycles. The molecule has 0 aromatic heterocycles. The summed E-state index contributed by atoms with van der Waals surface area (Å²) >= 11 is 9.83. The number of anilines is 1. The minimum Gasteiger partial charge on any atom is -0.466 e. The molecule has 0 radical (unpaired) electrons. The summed E-state index contributed by atoms with van der Waals surface area (Å²) in [6, 6.07) is 17.6. The standard InChI is InChI=1S/C23H19BrClN3O3S/c1-27-21-4-2-3-19(24)23(21)31-22-13-15(5-10-20(22)25)16-11-12-28(14-16)17-6-8-18(9-7-17)32(26,29)30/h2-10,13,16H,11-12,14H2,(H2,26,29,30)/t16-/m0/s1. The minimum absolute atomic E-state index is 0.0994. The number of benzene rings is 3. The van der Waals surface area contributed by atoms with E-state index in [1.807, 2.05) is 24.3 Å². The normalized spacial score (nSPS) is 16.1. The van der Waals surface area contributed by atoms with Crippen LogP contribution in [0, 0.1) is 6.57 Å². The Bertz CT molecular complexity index is 1310. The molecular weight excluding hydrogens is 514 g/mol. The number of hydrogen-bond donors (Lipinski definition) is 1. The molecule has 1 atom stereocenters. The van der Waals surface area contributed by atoms with E-state index in [0.29, 0.717) is 26.7 Å². The van der Waals surface area contributed by atoms with Crippen LogP contribution in [0.25, 0.3) is 4.85 Å². The lowest BCUT2D eigenvalue weighted by Crippen LogP contribution is -2.19. The van der Waals surface area contributed by atoms with Gasteiger partial charge in [-0.2, -0.15) is 0 Å². The van der Waals surface area contributed by atoms with Gasteiger partial charge in [-0.25, -0.2) is 18.4 Å². The van der Waals surface area contributed by atoms with Crippen LogP contribution in [-0.4, -0.2) is 21.5 Å². The van der Waals surface area contributed by atoms with Crippen LogP contribution in [0.4, 0.5) is 11.4 Å². The summed E-state index contributed by atoms with van der Waals surface area (Å²) in [4.78, 5) is 5.83. The SMILES string of the molecule is [C-]#[N+]c1cccc(Br)c1Oc1cc([C@H]2CCN(c3ccc(S(N)(=O)=O)cc3)C2)ccc1Cl. The number of nitrogens with two attached hydrogens (primary N) is 1. The third-order valence-corrected chi connectivity index (χ3v) is 7.29. The molecule has 9 heteroatoms. The largest absolute Gasteiger partial charge is 0.466 e. The molecule has 0 spiro atoms. The maximum absolute atomic E-state index is 11.5. The van der Waals surface area contributed by atoms with Gasteiger partial charge >= 0.3 is 0 Å². The van der Waals surface area contributed by atoms with Crippen LogP contribution in [0.2, 0.25) is 5.02 Å². The highest BCUT2D eigenvalue weighted by atomic mass is 79.9. The Hall–Kier alpha value is -2.57. The van der Waals surface area contributed by atoms with Gasteiger partial charge in [-0.05, 0) is 70.4 Å². The first-order chi connectivity index (χ1) is 15.3. The van der Waals surface area contributed by atoms with Crippen molar-refractivity contribution in [2.45, 2.75) is 17.2 Å². The van der Waals surface area contributed by atoms with Crippen molar-refractivity contribution < 1.29 is 13.2 Å². The van der Waals surface area contributed by atoms with Gasteiger partial charge in [0.2, 0.25) is 15.7 Å². The summed E-state index contributed by atoms with van der Waals surface area (Å²) in [7, 11) is -3.71. The van der Waals surface area contributed by atoms with E-state index in [9.17, 15) is 8.42 Å². The maximum Gasteiger partial charge on any atom is 0.238 e.